The van der Waals surface area contributed by atoms with Crippen molar-refractivity contribution in [3.05, 3.63) is 44.7 Å². The van der Waals surface area contributed by atoms with Crippen molar-refractivity contribution in [2.75, 3.05) is 12.4 Å². The number of methoxy groups -OCH3 is 1. The molecule has 0 atom stereocenters. The summed E-state index contributed by atoms with van der Waals surface area (Å²) in [6.45, 7) is 2.95. The molecule has 0 saturated heterocycles. The second-order valence-corrected chi connectivity index (χ2v) is 5.24. The topological polar surface area (TPSA) is 99.3 Å². The van der Waals surface area contributed by atoms with Crippen molar-refractivity contribution in [3.8, 4) is 5.75 Å². The highest BCUT2D eigenvalue weighted by atomic mass is 35.5. The third-order valence-corrected chi connectivity index (χ3v) is 3.55. The van der Waals surface area contributed by atoms with Gasteiger partial charge in [0.2, 0.25) is 5.91 Å². The van der Waals surface area contributed by atoms with Crippen LogP contribution < -0.4 is 10.1 Å². The normalized spacial score (nSPS) is 10.4. The molecule has 1 N–H and O–H groups in total. The highest BCUT2D eigenvalue weighted by molar-refractivity contribution is 6.32. The molecule has 122 valence electrons. The van der Waals surface area contributed by atoms with Gasteiger partial charge in [0.05, 0.1) is 17.1 Å². The van der Waals surface area contributed by atoms with Crippen LogP contribution in [0.5, 0.6) is 5.75 Å². The number of carbonyl (C=O) groups is 1. The van der Waals surface area contributed by atoms with Crippen LogP contribution in [0, 0.1) is 24.0 Å². The van der Waals surface area contributed by atoms with Crippen LogP contribution in [0.15, 0.2) is 18.2 Å². The number of hydrogen-bond donors (Lipinski definition) is 1. The average molecular weight is 339 g/mol. The lowest BCUT2D eigenvalue weighted by atomic mass is 10.3. The summed E-state index contributed by atoms with van der Waals surface area (Å²) in [6, 6.07) is 4.83. The van der Waals surface area contributed by atoms with E-state index in [-0.39, 0.29) is 23.8 Å². The minimum atomic E-state index is -0.505. The first-order chi connectivity index (χ1) is 10.8. The fraction of sp³-hybridized carbons (Fsp3) is 0.286. The Bertz CT molecular complexity index is 772. The number of nitro groups is 1. The van der Waals surface area contributed by atoms with E-state index < -0.39 is 4.92 Å². The highest BCUT2D eigenvalue weighted by Gasteiger charge is 2.22. The number of carbonyl (C=O) groups excluding carboxylic acids is 1. The monoisotopic (exact) mass is 338 g/mol. The quantitative estimate of drug-likeness (QED) is 0.667. The molecule has 0 aliphatic heterocycles. The van der Waals surface area contributed by atoms with E-state index in [1.54, 1.807) is 25.1 Å². The fourth-order valence-electron chi connectivity index (χ4n) is 2.19. The Balaban J connectivity index is 2.13. The van der Waals surface area contributed by atoms with Gasteiger partial charge in [-0.05, 0) is 32.0 Å². The molecule has 0 saturated carbocycles. The van der Waals surface area contributed by atoms with E-state index in [2.05, 4.69) is 10.4 Å². The Hall–Kier alpha value is -2.61. The van der Waals surface area contributed by atoms with Gasteiger partial charge in [0.25, 0.3) is 0 Å². The summed E-state index contributed by atoms with van der Waals surface area (Å²) in [6.07, 6.45) is 0. The van der Waals surface area contributed by atoms with Crippen LogP contribution in [-0.2, 0) is 11.3 Å². The van der Waals surface area contributed by atoms with Crippen molar-refractivity contribution in [1.29, 1.82) is 0 Å². The zero-order valence-corrected chi connectivity index (χ0v) is 13.5. The van der Waals surface area contributed by atoms with E-state index in [4.69, 9.17) is 16.3 Å². The van der Waals surface area contributed by atoms with Gasteiger partial charge in [0, 0.05) is 5.69 Å². The molecule has 23 heavy (non-hydrogen) atoms. The highest BCUT2D eigenvalue weighted by Crippen LogP contribution is 2.27. The molecule has 0 aliphatic rings. The van der Waals surface area contributed by atoms with Gasteiger partial charge in [0.15, 0.2) is 0 Å². The maximum atomic E-state index is 12.1. The van der Waals surface area contributed by atoms with Crippen LogP contribution in [0.25, 0.3) is 0 Å². The van der Waals surface area contributed by atoms with Gasteiger partial charge in [-0.25, -0.2) is 0 Å². The molecule has 1 aromatic heterocycles. The summed E-state index contributed by atoms with van der Waals surface area (Å²) >= 11 is 5.99. The molecule has 0 aliphatic carbocycles. The molecule has 1 aromatic carbocycles. The minimum absolute atomic E-state index is 0.0784. The van der Waals surface area contributed by atoms with Gasteiger partial charge in [0.1, 0.15) is 23.7 Å². The van der Waals surface area contributed by atoms with Crippen LogP contribution in [0.4, 0.5) is 11.4 Å². The molecule has 2 rings (SSSR count). The largest absolute Gasteiger partial charge is 0.495 e. The Labute approximate surface area is 137 Å². The number of nitrogens with one attached hydrogen (secondary N) is 1. The number of hydrogen-bond acceptors (Lipinski definition) is 5. The Kier molecular flexibility index (Phi) is 4.85. The third-order valence-electron chi connectivity index (χ3n) is 3.25. The number of anilines is 1. The van der Waals surface area contributed by atoms with E-state index in [0.717, 1.165) is 0 Å². The van der Waals surface area contributed by atoms with Gasteiger partial charge in [-0.1, -0.05) is 11.6 Å². The number of aromatic nitrogens is 2. The standard InChI is InChI=1S/C14H15ClN4O4/c1-8-14(19(21)22)9(2)18(17-8)7-13(20)16-10-4-5-12(23-3)11(15)6-10/h4-6H,7H2,1-3H3,(H,16,20). The Morgan fingerprint density at radius 2 is 2.17 bits per heavy atom. The molecule has 2 aromatic rings. The third kappa shape index (κ3) is 3.59. The van der Waals surface area contributed by atoms with Gasteiger partial charge in [-0.15, -0.1) is 0 Å². The van der Waals surface area contributed by atoms with Gasteiger partial charge in [-0.3, -0.25) is 19.6 Å². The predicted molar refractivity (Wildman–Crippen MR) is 85.0 cm³/mol. The number of aryl methyl sites for hydroxylation is 1. The second-order valence-electron chi connectivity index (χ2n) is 4.83. The molecule has 0 radical (unpaired) electrons. The van der Waals surface area contributed by atoms with Gasteiger partial charge < -0.3 is 10.1 Å². The number of nitrogens with zero attached hydrogens (tertiary/aromatic N) is 3. The van der Waals surface area contributed by atoms with E-state index in [1.165, 1.54) is 18.7 Å². The van der Waals surface area contributed by atoms with Crippen molar-refractivity contribution in [2.24, 2.45) is 0 Å². The first kappa shape index (κ1) is 16.8. The molecular formula is C14H15ClN4O4. The number of amides is 1. The fourth-order valence-corrected chi connectivity index (χ4v) is 2.44. The molecule has 0 spiro atoms. The van der Waals surface area contributed by atoms with Crippen molar-refractivity contribution >= 4 is 28.9 Å². The zero-order chi connectivity index (χ0) is 17.1. The maximum absolute atomic E-state index is 12.1. The van der Waals surface area contributed by atoms with Crippen LogP contribution in [-0.4, -0.2) is 27.7 Å². The number of rotatable bonds is 5. The first-order valence-corrected chi connectivity index (χ1v) is 7.03. The summed E-state index contributed by atoms with van der Waals surface area (Å²) in [4.78, 5) is 22.5. The SMILES string of the molecule is COc1ccc(NC(=O)Cn2nc(C)c([N+](=O)[O-])c2C)cc1Cl. The summed E-state index contributed by atoms with van der Waals surface area (Å²) in [5, 5.41) is 18.0. The van der Waals surface area contributed by atoms with Crippen molar-refractivity contribution < 1.29 is 14.5 Å². The average Bonchev–Trinajstić information content (AvgIpc) is 2.73. The molecule has 9 heteroatoms. The minimum Gasteiger partial charge on any atom is -0.495 e. The molecule has 8 nitrogen and oxygen atoms in total. The van der Waals surface area contributed by atoms with E-state index in [9.17, 15) is 14.9 Å². The number of benzene rings is 1. The summed E-state index contributed by atoms with van der Waals surface area (Å²) < 4.78 is 6.33. The molecule has 0 bridgehead atoms. The van der Waals surface area contributed by atoms with Gasteiger partial charge in [-0.2, -0.15) is 5.10 Å². The maximum Gasteiger partial charge on any atom is 0.312 e. The van der Waals surface area contributed by atoms with Crippen LogP contribution in [0.1, 0.15) is 11.4 Å². The van der Waals surface area contributed by atoms with Crippen LogP contribution in [0.2, 0.25) is 5.02 Å². The Morgan fingerprint density at radius 1 is 1.48 bits per heavy atom. The summed E-state index contributed by atoms with van der Waals surface area (Å²) in [5.74, 6) is 0.130. The lowest BCUT2D eigenvalue weighted by Crippen LogP contribution is -2.20. The van der Waals surface area contributed by atoms with Crippen molar-refractivity contribution in [2.45, 2.75) is 20.4 Å². The smallest absolute Gasteiger partial charge is 0.312 e. The number of halogens is 1. The Morgan fingerprint density at radius 3 is 2.70 bits per heavy atom. The van der Waals surface area contributed by atoms with E-state index >= 15 is 0 Å². The van der Waals surface area contributed by atoms with Gasteiger partial charge >= 0.3 is 5.69 Å². The molecule has 0 fully saturated rings. The molecule has 0 unspecified atom stereocenters. The molecule has 1 heterocycles. The summed E-state index contributed by atoms with van der Waals surface area (Å²) in [7, 11) is 1.50. The number of ether oxygens (including phenoxy) is 1. The second kappa shape index (κ2) is 6.66. The molecule has 1 amide bonds. The van der Waals surface area contributed by atoms with Crippen molar-refractivity contribution in [1.82, 2.24) is 9.78 Å². The molecular weight excluding hydrogens is 324 g/mol. The zero-order valence-electron chi connectivity index (χ0n) is 12.8. The van der Waals surface area contributed by atoms with E-state index in [1.807, 2.05) is 0 Å². The van der Waals surface area contributed by atoms with Crippen LogP contribution >= 0.6 is 11.6 Å². The predicted octanol–water partition coefficient (Wildman–Crippen LogP) is 2.71. The first-order valence-electron chi connectivity index (χ1n) is 6.65. The van der Waals surface area contributed by atoms with Crippen molar-refractivity contribution in [3.63, 3.8) is 0 Å². The van der Waals surface area contributed by atoms with Crippen LogP contribution in [0.3, 0.4) is 0 Å². The summed E-state index contributed by atoms with van der Waals surface area (Å²) in [5.41, 5.74) is 1.02. The van der Waals surface area contributed by atoms with E-state index in [0.29, 0.717) is 22.2 Å². The lowest BCUT2D eigenvalue weighted by molar-refractivity contribution is -0.386. The lowest BCUT2D eigenvalue weighted by Gasteiger charge is -2.08.